The third kappa shape index (κ3) is 4.22. The lowest BCUT2D eigenvalue weighted by Gasteiger charge is -2.26. The molecule has 1 aliphatic carbocycles. The molecule has 2 aromatic rings. The van der Waals surface area contributed by atoms with Gasteiger partial charge in [0.2, 0.25) is 5.91 Å². The van der Waals surface area contributed by atoms with Crippen molar-refractivity contribution in [1.82, 2.24) is 19.6 Å². The van der Waals surface area contributed by atoms with Crippen LogP contribution in [-0.4, -0.2) is 52.2 Å². The van der Waals surface area contributed by atoms with E-state index in [4.69, 9.17) is 4.74 Å². The average Bonchev–Trinajstić information content (AvgIpc) is 3.38. The van der Waals surface area contributed by atoms with E-state index in [2.05, 4.69) is 28.2 Å². The monoisotopic (exact) mass is 382 g/mol. The highest BCUT2D eigenvalue weighted by Crippen LogP contribution is 2.47. The molecular weight excluding hydrogens is 352 g/mol. The molecule has 2 bridgehead atoms. The number of benzene rings is 1. The Hall–Kier alpha value is -2.34. The third-order valence-corrected chi connectivity index (χ3v) is 6.00. The number of nitrogens with zero attached hydrogens (tertiary/aromatic N) is 4. The summed E-state index contributed by atoms with van der Waals surface area (Å²) >= 11 is 0. The van der Waals surface area contributed by atoms with E-state index in [1.54, 1.807) is 0 Å². The number of aryl methyl sites for hydroxylation is 1. The highest BCUT2D eigenvalue weighted by molar-refractivity contribution is 5.85. The number of hydrogen-bond acceptors (Lipinski definition) is 4. The van der Waals surface area contributed by atoms with Crippen LogP contribution in [0.2, 0.25) is 0 Å². The highest BCUT2D eigenvalue weighted by Gasteiger charge is 2.52. The van der Waals surface area contributed by atoms with Crippen LogP contribution in [0.3, 0.4) is 0 Å². The van der Waals surface area contributed by atoms with E-state index in [0.717, 1.165) is 57.6 Å². The molecule has 6 heteroatoms. The van der Waals surface area contributed by atoms with Crippen molar-refractivity contribution >= 4 is 5.91 Å². The maximum atomic E-state index is 12.9. The van der Waals surface area contributed by atoms with Crippen LogP contribution in [0.25, 0.3) is 0 Å². The molecule has 1 amide bonds. The van der Waals surface area contributed by atoms with E-state index in [-0.39, 0.29) is 11.3 Å². The summed E-state index contributed by atoms with van der Waals surface area (Å²) < 4.78 is 8.00. The molecule has 1 fully saturated rings. The van der Waals surface area contributed by atoms with Gasteiger partial charge in [0.25, 0.3) is 0 Å². The predicted molar refractivity (Wildman–Crippen MR) is 108 cm³/mol. The van der Waals surface area contributed by atoms with Crippen molar-refractivity contribution in [1.29, 1.82) is 0 Å². The standard InChI is InChI=1S/C22H30N4O2/c1-24-12-3-4-13-26(16-19-8-11-23-25(19)2)15-18-6-5-7-20(14-18)28-17-22(9-10-22)21(24)27/h5-8,11,14H,3-4,9-10,12-13,15-17H2,1-2H3. The molecule has 0 atom stereocenters. The molecule has 2 aliphatic rings. The van der Waals surface area contributed by atoms with Gasteiger partial charge < -0.3 is 9.64 Å². The fraction of sp³-hybridized carbons (Fsp3) is 0.545. The minimum absolute atomic E-state index is 0.243. The fourth-order valence-corrected chi connectivity index (χ4v) is 3.97. The number of hydrogen-bond donors (Lipinski definition) is 0. The van der Waals surface area contributed by atoms with Crippen molar-refractivity contribution in [2.75, 3.05) is 26.7 Å². The predicted octanol–water partition coefficient (Wildman–Crippen LogP) is 2.83. The van der Waals surface area contributed by atoms with Crippen LogP contribution in [0.1, 0.15) is 36.9 Å². The van der Waals surface area contributed by atoms with E-state index < -0.39 is 0 Å². The van der Waals surface area contributed by atoms with Gasteiger partial charge in [-0.05, 0) is 56.0 Å². The van der Waals surface area contributed by atoms with Crippen LogP contribution in [-0.2, 0) is 24.9 Å². The molecule has 0 N–H and O–H groups in total. The van der Waals surface area contributed by atoms with Crippen LogP contribution in [0.5, 0.6) is 5.75 Å². The second-order valence-electron chi connectivity index (χ2n) is 8.31. The smallest absolute Gasteiger partial charge is 0.231 e. The van der Waals surface area contributed by atoms with E-state index in [1.165, 1.54) is 11.3 Å². The van der Waals surface area contributed by atoms with Gasteiger partial charge in [0, 0.05) is 39.9 Å². The van der Waals surface area contributed by atoms with Crippen LogP contribution in [0.4, 0.5) is 0 Å². The number of carbonyl (C=O) groups excluding carboxylic acids is 1. The van der Waals surface area contributed by atoms with Crippen LogP contribution >= 0.6 is 0 Å². The molecule has 0 saturated heterocycles. The lowest BCUT2D eigenvalue weighted by molar-refractivity contribution is -0.136. The first-order valence-electron chi connectivity index (χ1n) is 10.2. The summed E-state index contributed by atoms with van der Waals surface area (Å²) in [5.41, 5.74) is 2.15. The number of rotatable bonds is 2. The van der Waals surface area contributed by atoms with E-state index >= 15 is 0 Å². The summed E-state index contributed by atoms with van der Waals surface area (Å²) in [6.07, 6.45) is 5.81. The largest absolute Gasteiger partial charge is 0.492 e. The Labute approximate surface area is 167 Å². The van der Waals surface area contributed by atoms with Crippen molar-refractivity contribution in [3.8, 4) is 5.75 Å². The quantitative estimate of drug-likeness (QED) is 0.801. The van der Waals surface area contributed by atoms with Gasteiger partial charge in [-0.1, -0.05) is 12.1 Å². The molecule has 1 aromatic carbocycles. The maximum absolute atomic E-state index is 12.9. The second-order valence-corrected chi connectivity index (χ2v) is 8.31. The zero-order valence-electron chi connectivity index (χ0n) is 16.9. The maximum Gasteiger partial charge on any atom is 0.231 e. The summed E-state index contributed by atoms with van der Waals surface area (Å²) in [7, 11) is 3.92. The summed E-state index contributed by atoms with van der Waals surface area (Å²) in [6.45, 7) is 4.02. The number of carbonyl (C=O) groups is 1. The van der Waals surface area contributed by atoms with E-state index in [9.17, 15) is 4.79 Å². The lowest BCUT2D eigenvalue weighted by atomic mass is 10.1. The van der Waals surface area contributed by atoms with Gasteiger partial charge in [0.15, 0.2) is 0 Å². The molecule has 1 aliphatic heterocycles. The number of aromatic nitrogens is 2. The highest BCUT2D eigenvalue weighted by atomic mass is 16.5. The molecule has 1 saturated carbocycles. The van der Waals surface area contributed by atoms with Crippen molar-refractivity contribution in [2.45, 2.75) is 38.8 Å². The molecule has 4 rings (SSSR count). The summed E-state index contributed by atoms with van der Waals surface area (Å²) in [5, 5.41) is 4.30. The molecule has 150 valence electrons. The van der Waals surface area contributed by atoms with Gasteiger partial charge in [-0.25, -0.2) is 0 Å². The summed E-state index contributed by atoms with van der Waals surface area (Å²) in [5.74, 6) is 1.10. The van der Waals surface area contributed by atoms with Gasteiger partial charge >= 0.3 is 0 Å². The zero-order valence-corrected chi connectivity index (χ0v) is 16.9. The first kappa shape index (κ1) is 19.0. The van der Waals surface area contributed by atoms with Gasteiger partial charge in [-0.2, -0.15) is 5.10 Å². The Bertz CT molecular complexity index is 827. The first-order chi connectivity index (χ1) is 13.6. The molecule has 6 nitrogen and oxygen atoms in total. The fourth-order valence-electron chi connectivity index (χ4n) is 3.97. The lowest BCUT2D eigenvalue weighted by Crippen LogP contribution is -2.38. The summed E-state index contributed by atoms with van der Waals surface area (Å²) in [6, 6.07) is 10.4. The second kappa shape index (κ2) is 7.95. The van der Waals surface area contributed by atoms with E-state index in [1.807, 2.05) is 42.0 Å². The normalized spacial score (nSPS) is 20.6. The Morgan fingerprint density at radius 3 is 2.71 bits per heavy atom. The summed E-state index contributed by atoms with van der Waals surface area (Å²) in [4.78, 5) is 17.2. The molecule has 0 radical (unpaired) electrons. The van der Waals surface area contributed by atoms with Crippen molar-refractivity contribution in [2.24, 2.45) is 12.5 Å². The number of ether oxygens (including phenoxy) is 1. The van der Waals surface area contributed by atoms with Gasteiger partial charge in [-0.3, -0.25) is 14.4 Å². The van der Waals surface area contributed by atoms with E-state index in [0.29, 0.717) is 6.61 Å². The number of amides is 1. The van der Waals surface area contributed by atoms with Crippen molar-refractivity contribution in [3.63, 3.8) is 0 Å². The third-order valence-electron chi connectivity index (χ3n) is 6.00. The van der Waals surface area contributed by atoms with Crippen LogP contribution in [0, 0.1) is 5.41 Å². The van der Waals surface area contributed by atoms with Crippen molar-refractivity contribution in [3.05, 3.63) is 47.8 Å². The first-order valence-corrected chi connectivity index (χ1v) is 10.2. The Morgan fingerprint density at radius 1 is 1.14 bits per heavy atom. The molecule has 0 unspecified atom stereocenters. The molecule has 28 heavy (non-hydrogen) atoms. The Morgan fingerprint density at radius 2 is 1.96 bits per heavy atom. The Kier molecular flexibility index (Phi) is 5.40. The minimum atomic E-state index is -0.291. The minimum Gasteiger partial charge on any atom is -0.492 e. The average molecular weight is 383 g/mol. The topological polar surface area (TPSA) is 50.6 Å². The van der Waals surface area contributed by atoms with Crippen molar-refractivity contribution < 1.29 is 9.53 Å². The zero-order chi connectivity index (χ0) is 19.6. The SMILES string of the molecule is CN1CCCCN(Cc2ccnn2C)Cc2cccc(c2)OCC2(CC2)C1=O. The van der Waals surface area contributed by atoms with Gasteiger partial charge in [0.05, 0.1) is 11.1 Å². The molecule has 2 heterocycles. The number of fused-ring (bicyclic) bond motifs is 2. The molecule has 1 aromatic heterocycles. The Balaban J connectivity index is 1.53. The van der Waals surface area contributed by atoms with Crippen LogP contribution in [0.15, 0.2) is 36.5 Å². The van der Waals surface area contributed by atoms with Gasteiger partial charge in [0.1, 0.15) is 12.4 Å². The molecule has 1 spiro atoms. The van der Waals surface area contributed by atoms with Gasteiger partial charge in [-0.15, -0.1) is 0 Å². The van der Waals surface area contributed by atoms with Crippen LogP contribution < -0.4 is 4.74 Å². The molecular formula is C22H30N4O2.